The number of ether oxygens (including phenoxy) is 1. The number of aliphatic carboxylic acids is 1. The van der Waals surface area contributed by atoms with Gasteiger partial charge in [-0.05, 0) is 28.8 Å². The molecule has 0 fully saturated rings. The monoisotopic (exact) mass is 501 g/mol. The van der Waals surface area contributed by atoms with E-state index in [9.17, 15) is 19.5 Å². The number of hydrogen-bond acceptors (Lipinski definition) is 5. The van der Waals surface area contributed by atoms with Gasteiger partial charge in [0, 0.05) is 13.5 Å². The number of carbonyl (C=O) groups is 3. The molecule has 0 aliphatic rings. The Labute approximate surface area is 216 Å². The summed E-state index contributed by atoms with van der Waals surface area (Å²) >= 11 is 0. The molecule has 0 bridgehead atoms. The van der Waals surface area contributed by atoms with Gasteiger partial charge >= 0.3 is 5.97 Å². The fourth-order valence-corrected chi connectivity index (χ4v) is 3.77. The predicted octanol–water partition coefficient (Wildman–Crippen LogP) is 2.97. The molecular formula is C29H31N3O5. The third-order valence-electron chi connectivity index (χ3n) is 5.77. The highest BCUT2D eigenvalue weighted by atomic mass is 16.5. The predicted molar refractivity (Wildman–Crippen MR) is 142 cm³/mol. The van der Waals surface area contributed by atoms with Crippen LogP contribution in [0.4, 0.5) is 0 Å². The molecule has 0 saturated heterocycles. The smallest absolute Gasteiger partial charge is 0.325 e. The first-order valence-electron chi connectivity index (χ1n) is 11.8. The van der Waals surface area contributed by atoms with Crippen LogP contribution in [0, 0.1) is 0 Å². The van der Waals surface area contributed by atoms with Gasteiger partial charge in [0.15, 0.2) is 0 Å². The molecule has 192 valence electrons. The van der Waals surface area contributed by atoms with Crippen LogP contribution >= 0.6 is 0 Å². The van der Waals surface area contributed by atoms with Gasteiger partial charge in [-0.3, -0.25) is 19.7 Å². The number of nitrogens with one attached hydrogen (secondary N) is 3. The van der Waals surface area contributed by atoms with E-state index in [2.05, 4.69) is 16.0 Å². The number of methoxy groups -OCH3 is 1. The summed E-state index contributed by atoms with van der Waals surface area (Å²) in [4.78, 5) is 38.2. The minimum Gasteiger partial charge on any atom is -0.497 e. The zero-order valence-corrected chi connectivity index (χ0v) is 20.8. The van der Waals surface area contributed by atoms with Crippen LogP contribution in [0.5, 0.6) is 5.75 Å². The van der Waals surface area contributed by atoms with Crippen molar-refractivity contribution in [1.82, 2.24) is 16.0 Å². The second-order valence-electron chi connectivity index (χ2n) is 8.32. The van der Waals surface area contributed by atoms with Crippen molar-refractivity contribution in [2.24, 2.45) is 0 Å². The van der Waals surface area contributed by atoms with E-state index in [1.807, 2.05) is 60.7 Å². The summed E-state index contributed by atoms with van der Waals surface area (Å²) in [5.41, 5.74) is 2.17. The van der Waals surface area contributed by atoms with Crippen LogP contribution in [0.15, 0.2) is 91.0 Å². The zero-order valence-electron chi connectivity index (χ0n) is 20.8. The number of carbonyl (C=O) groups excluding carboxylic acids is 2. The third-order valence-corrected chi connectivity index (χ3v) is 5.77. The Balaban J connectivity index is 1.88. The van der Waals surface area contributed by atoms with Crippen LogP contribution < -0.4 is 20.7 Å². The van der Waals surface area contributed by atoms with Crippen LogP contribution in [-0.2, 0) is 20.8 Å². The zero-order chi connectivity index (χ0) is 26.6. The number of benzene rings is 3. The molecule has 37 heavy (non-hydrogen) atoms. The molecule has 0 aliphatic carbocycles. The minimum atomic E-state index is -1.19. The molecule has 8 heteroatoms. The molecule has 0 heterocycles. The van der Waals surface area contributed by atoms with Crippen LogP contribution in [0.3, 0.4) is 0 Å². The van der Waals surface area contributed by atoms with Crippen LogP contribution in [-0.4, -0.2) is 49.1 Å². The van der Waals surface area contributed by atoms with Crippen molar-refractivity contribution >= 4 is 23.9 Å². The Morgan fingerprint density at radius 1 is 0.892 bits per heavy atom. The molecule has 0 spiro atoms. The van der Waals surface area contributed by atoms with E-state index in [0.29, 0.717) is 11.3 Å². The van der Waals surface area contributed by atoms with E-state index >= 15 is 0 Å². The van der Waals surface area contributed by atoms with E-state index in [1.165, 1.54) is 14.2 Å². The Bertz CT molecular complexity index is 1200. The fourth-order valence-electron chi connectivity index (χ4n) is 3.77. The first-order valence-corrected chi connectivity index (χ1v) is 11.8. The van der Waals surface area contributed by atoms with Gasteiger partial charge in [-0.25, -0.2) is 0 Å². The Hall–Kier alpha value is -4.43. The lowest BCUT2D eigenvalue weighted by atomic mass is 10.0. The number of carboxylic acids is 1. The van der Waals surface area contributed by atoms with Crippen LogP contribution in [0.2, 0.25) is 0 Å². The van der Waals surface area contributed by atoms with Crippen molar-refractivity contribution in [3.63, 3.8) is 0 Å². The minimum absolute atomic E-state index is 0.280. The first kappa shape index (κ1) is 27.2. The third kappa shape index (κ3) is 8.05. The summed E-state index contributed by atoms with van der Waals surface area (Å²) in [6.07, 6.45) is 3.60. The highest BCUT2D eigenvalue weighted by Crippen LogP contribution is 2.19. The average Bonchev–Trinajstić information content (AvgIpc) is 2.93. The summed E-state index contributed by atoms with van der Waals surface area (Å²) in [6.45, 7) is 0. The number of hydrogen-bond donors (Lipinski definition) is 4. The maximum absolute atomic E-state index is 13.5. The summed E-state index contributed by atoms with van der Waals surface area (Å²) in [6, 6.07) is 22.2. The largest absolute Gasteiger partial charge is 0.497 e. The van der Waals surface area contributed by atoms with Gasteiger partial charge in [-0.1, -0.05) is 84.9 Å². The van der Waals surface area contributed by atoms with Gasteiger partial charge in [0.25, 0.3) is 0 Å². The van der Waals surface area contributed by atoms with E-state index < -0.39 is 30.0 Å². The van der Waals surface area contributed by atoms with Crippen LogP contribution in [0.25, 0.3) is 6.08 Å². The molecule has 3 aromatic rings. The van der Waals surface area contributed by atoms with Gasteiger partial charge in [0.1, 0.15) is 23.9 Å². The Morgan fingerprint density at radius 3 is 2.08 bits per heavy atom. The molecule has 2 unspecified atom stereocenters. The number of amides is 2. The Morgan fingerprint density at radius 2 is 1.51 bits per heavy atom. The fraction of sp³-hybridized carbons (Fsp3) is 0.207. The van der Waals surface area contributed by atoms with Gasteiger partial charge in [-0.15, -0.1) is 0 Å². The standard InChI is InChI=1S/C29H31N3O5/c1-30-27(33)25(19-21-11-7-4-8-12-21)32-28(34)24(18-13-20-9-5-3-6-10-20)31-26(29(35)36)22-14-16-23(37-2)17-15-22/h3-18,24-26,31H,19H2,1-2H3,(H,30,33)(H,32,34)(H,35,36)/t24?,25-,26?/m0/s1. The van der Waals surface area contributed by atoms with Crippen molar-refractivity contribution in [2.75, 3.05) is 14.2 Å². The molecule has 0 saturated carbocycles. The molecule has 3 aromatic carbocycles. The molecular weight excluding hydrogens is 470 g/mol. The van der Waals surface area contributed by atoms with Crippen molar-refractivity contribution in [3.05, 3.63) is 108 Å². The van der Waals surface area contributed by atoms with E-state index in [-0.39, 0.29) is 12.3 Å². The number of likely N-dealkylation sites (N-methyl/N-ethyl adjacent to an activating group) is 1. The normalized spacial score (nSPS) is 13.4. The van der Waals surface area contributed by atoms with Gasteiger partial charge < -0.3 is 20.5 Å². The topological polar surface area (TPSA) is 117 Å². The second-order valence-corrected chi connectivity index (χ2v) is 8.32. The van der Waals surface area contributed by atoms with Crippen molar-refractivity contribution in [1.29, 1.82) is 0 Å². The van der Waals surface area contributed by atoms with Crippen molar-refractivity contribution in [2.45, 2.75) is 24.5 Å². The maximum Gasteiger partial charge on any atom is 0.325 e. The summed E-state index contributed by atoms with van der Waals surface area (Å²) in [5.74, 6) is -1.45. The lowest BCUT2D eigenvalue weighted by molar-refractivity contribution is -0.140. The quantitative estimate of drug-likeness (QED) is 0.303. The molecule has 8 nitrogen and oxygen atoms in total. The van der Waals surface area contributed by atoms with Gasteiger partial charge in [0.2, 0.25) is 11.8 Å². The van der Waals surface area contributed by atoms with E-state index in [0.717, 1.165) is 11.1 Å². The average molecular weight is 502 g/mol. The first-order chi connectivity index (χ1) is 17.9. The Kier molecular flexibility index (Phi) is 9.99. The summed E-state index contributed by atoms with van der Waals surface area (Å²) in [5, 5.41) is 18.3. The van der Waals surface area contributed by atoms with E-state index in [1.54, 1.807) is 36.4 Å². The molecule has 0 radical (unpaired) electrons. The number of carboxylic acid groups (broad SMARTS) is 1. The molecule has 3 rings (SSSR count). The summed E-state index contributed by atoms with van der Waals surface area (Å²) in [7, 11) is 3.02. The molecule has 0 aliphatic heterocycles. The molecule has 0 aromatic heterocycles. The summed E-state index contributed by atoms with van der Waals surface area (Å²) < 4.78 is 5.16. The number of rotatable bonds is 12. The molecule has 2 amide bonds. The maximum atomic E-state index is 13.5. The second kappa shape index (κ2) is 13.6. The van der Waals surface area contributed by atoms with Gasteiger partial charge in [-0.2, -0.15) is 0 Å². The molecule has 3 atom stereocenters. The van der Waals surface area contributed by atoms with Gasteiger partial charge in [0.05, 0.1) is 7.11 Å². The van der Waals surface area contributed by atoms with Crippen molar-refractivity contribution < 1.29 is 24.2 Å². The highest BCUT2D eigenvalue weighted by Gasteiger charge is 2.29. The SMILES string of the molecule is CNC(=O)[C@H](Cc1ccccc1)NC(=O)C(C=Cc1ccccc1)NC(C(=O)O)c1ccc(OC)cc1. The van der Waals surface area contributed by atoms with E-state index in [4.69, 9.17) is 4.74 Å². The molecule has 4 N–H and O–H groups in total. The van der Waals surface area contributed by atoms with Crippen molar-refractivity contribution in [3.8, 4) is 5.75 Å². The highest BCUT2D eigenvalue weighted by molar-refractivity contribution is 5.91. The van der Waals surface area contributed by atoms with Crippen LogP contribution in [0.1, 0.15) is 22.7 Å². The lowest BCUT2D eigenvalue weighted by Crippen LogP contribution is -2.53. The lowest BCUT2D eigenvalue weighted by Gasteiger charge is -2.24.